The summed E-state index contributed by atoms with van der Waals surface area (Å²) in [5.74, 6) is 0.925. The first-order valence-corrected chi connectivity index (χ1v) is 10.5. The van der Waals surface area contributed by atoms with Crippen LogP contribution in [0, 0.1) is 0 Å². The first-order chi connectivity index (χ1) is 14.9. The van der Waals surface area contributed by atoms with Gasteiger partial charge in [0, 0.05) is 11.3 Å². The van der Waals surface area contributed by atoms with Gasteiger partial charge in [-0.1, -0.05) is 24.8 Å². The number of carbonyl (C=O) groups excluding carboxylic acids is 1. The standard InChI is InChI=1S/C21H25N3O6S/c1-7-31-21-23-18-15(19(25)24-21)14(13(10(2)22-18)20(26)30-6)11-8-9-12(27-3)17(29-5)16(11)28-4/h8-9,14H,7H2,1-6H3,(H2,22,23,24,25). The Balaban J connectivity index is 2.36. The first-order valence-electron chi connectivity index (χ1n) is 9.53. The van der Waals surface area contributed by atoms with Crippen molar-refractivity contribution in [2.45, 2.75) is 24.9 Å². The zero-order valence-corrected chi connectivity index (χ0v) is 19.1. The van der Waals surface area contributed by atoms with E-state index < -0.39 is 11.9 Å². The van der Waals surface area contributed by atoms with Gasteiger partial charge in [0.05, 0.1) is 45.5 Å². The minimum absolute atomic E-state index is 0.281. The molecule has 1 aliphatic rings. The molecule has 2 heterocycles. The summed E-state index contributed by atoms with van der Waals surface area (Å²) >= 11 is 1.42. The van der Waals surface area contributed by atoms with Gasteiger partial charge in [0.1, 0.15) is 5.82 Å². The average Bonchev–Trinajstić information content (AvgIpc) is 2.76. The predicted molar refractivity (Wildman–Crippen MR) is 118 cm³/mol. The summed E-state index contributed by atoms with van der Waals surface area (Å²) in [5.41, 5.74) is 1.29. The molecular formula is C21H25N3O6S. The van der Waals surface area contributed by atoms with Crippen LogP contribution in [-0.4, -0.2) is 50.1 Å². The Kier molecular flexibility index (Phi) is 6.79. The molecule has 0 saturated carbocycles. The summed E-state index contributed by atoms with van der Waals surface area (Å²) in [7, 11) is 5.79. The van der Waals surface area contributed by atoms with Crippen LogP contribution in [0.5, 0.6) is 17.2 Å². The monoisotopic (exact) mass is 447 g/mol. The molecule has 1 aromatic heterocycles. The van der Waals surface area contributed by atoms with Gasteiger partial charge in [-0.05, 0) is 18.7 Å². The smallest absolute Gasteiger partial charge is 0.336 e. The van der Waals surface area contributed by atoms with Crippen LogP contribution < -0.4 is 25.1 Å². The van der Waals surface area contributed by atoms with E-state index in [0.29, 0.717) is 39.5 Å². The molecule has 1 unspecified atom stereocenters. The van der Waals surface area contributed by atoms with E-state index in [9.17, 15) is 9.59 Å². The normalized spacial score (nSPS) is 15.1. The van der Waals surface area contributed by atoms with E-state index in [1.54, 1.807) is 19.1 Å². The van der Waals surface area contributed by atoms with Crippen LogP contribution in [0.3, 0.4) is 0 Å². The molecule has 1 atom stereocenters. The number of anilines is 1. The first kappa shape index (κ1) is 22.5. The summed E-state index contributed by atoms with van der Waals surface area (Å²) in [5, 5.41) is 3.58. The topological polar surface area (TPSA) is 112 Å². The second-order valence-electron chi connectivity index (χ2n) is 6.58. The van der Waals surface area contributed by atoms with Crippen LogP contribution in [0.25, 0.3) is 0 Å². The van der Waals surface area contributed by atoms with E-state index in [2.05, 4.69) is 15.3 Å². The van der Waals surface area contributed by atoms with Crippen LogP contribution in [0.15, 0.2) is 33.4 Å². The summed E-state index contributed by atoms with van der Waals surface area (Å²) in [4.78, 5) is 33.3. The zero-order valence-electron chi connectivity index (χ0n) is 18.2. The lowest BCUT2D eigenvalue weighted by molar-refractivity contribution is -0.136. The second-order valence-corrected chi connectivity index (χ2v) is 7.83. The number of rotatable bonds is 7. The van der Waals surface area contributed by atoms with Gasteiger partial charge in [-0.15, -0.1) is 0 Å². The molecule has 9 nitrogen and oxygen atoms in total. The number of thioether (sulfide) groups is 1. The number of fused-ring (bicyclic) bond motifs is 1. The third-order valence-corrected chi connectivity index (χ3v) is 5.71. The van der Waals surface area contributed by atoms with Crippen molar-refractivity contribution in [1.82, 2.24) is 9.97 Å². The van der Waals surface area contributed by atoms with Gasteiger partial charge in [0.25, 0.3) is 5.56 Å². The van der Waals surface area contributed by atoms with Crippen molar-refractivity contribution in [2.24, 2.45) is 0 Å². The molecule has 0 radical (unpaired) electrons. The largest absolute Gasteiger partial charge is 0.493 e. The highest BCUT2D eigenvalue weighted by Crippen LogP contribution is 2.48. The average molecular weight is 448 g/mol. The molecule has 1 aromatic carbocycles. The fraction of sp³-hybridized carbons (Fsp3) is 0.381. The number of benzene rings is 1. The van der Waals surface area contributed by atoms with Crippen LogP contribution in [0.2, 0.25) is 0 Å². The molecule has 0 aliphatic carbocycles. The van der Waals surface area contributed by atoms with E-state index in [1.165, 1.54) is 40.2 Å². The summed E-state index contributed by atoms with van der Waals surface area (Å²) in [6.45, 7) is 3.71. The zero-order chi connectivity index (χ0) is 22.7. The molecule has 2 N–H and O–H groups in total. The quantitative estimate of drug-likeness (QED) is 0.376. The minimum Gasteiger partial charge on any atom is -0.493 e. The van der Waals surface area contributed by atoms with Crippen molar-refractivity contribution in [3.8, 4) is 17.2 Å². The molecule has 1 aliphatic heterocycles. The number of carbonyl (C=O) groups is 1. The summed E-state index contributed by atoms with van der Waals surface area (Å²) in [6.07, 6.45) is 0. The second kappa shape index (κ2) is 9.34. The fourth-order valence-corrected chi connectivity index (χ4v) is 4.27. The van der Waals surface area contributed by atoms with Gasteiger partial charge < -0.3 is 29.2 Å². The summed E-state index contributed by atoms with van der Waals surface area (Å²) in [6, 6.07) is 3.44. The van der Waals surface area contributed by atoms with Crippen molar-refractivity contribution in [1.29, 1.82) is 0 Å². The van der Waals surface area contributed by atoms with Gasteiger partial charge >= 0.3 is 5.97 Å². The predicted octanol–water partition coefficient (Wildman–Crippen LogP) is 2.91. The number of hydrogen-bond acceptors (Lipinski definition) is 9. The van der Waals surface area contributed by atoms with Gasteiger partial charge in [0.15, 0.2) is 16.7 Å². The van der Waals surface area contributed by atoms with Gasteiger partial charge in [0.2, 0.25) is 5.75 Å². The third kappa shape index (κ3) is 3.95. The van der Waals surface area contributed by atoms with E-state index >= 15 is 0 Å². The molecule has 31 heavy (non-hydrogen) atoms. The van der Waals surface area contributed by atoms with Crippen LogP contribution in [-0.2, 0) is 9.53 Å². The van der Waals surface area contributed by atoms with Crippen molar-refractivity contribution < 1.29 is 23.7 Å². The molecule has 0 bridgehead atoms. The van der Waals surface area contributed by atoms with Crippen molar-refractivity contribution in [3.63, 3.8) is 0 Å². The number of H-pyrrole nitrogens is 1. The highest BCUT2D eigenvalue weighted by atomic mass is 32.2. The van der Waals surface area contributed by atoms with Gasteiger partial charge in [-0.2, -0.15) is 0 Å². The lowest BCUT2D eigenvalue weighted by Crippen LogP contribution is -2.31. The van der Waals surface area contributed by atoms with E-state index in [4.69, 9.17) is 18.9 Å². The number of hydrogen-bond donors (Lipinski definition) is 2. The van der Waals surface area contributed by atoms with E-state index in [0.717, 1.165) is 5.75 Å². The maximum atomic E-state index is 13.2. The van der Waals surface area contributed by atoms with Crippen LogP contribution >= 0.6 is 11.8 Å². The number of nitrogens with zero attached hydrogens (tertiary/aromatic N) is 1. The third-order valence-electron chi connectivity index (χ3n) is 4.95. The number of aromatic amines is 1. The number of aromatic nitrogens is 2. The highest BCUT2D eigenvalue weighted by Gasteiger charge is 2.38. The SMILES string of the molecule is CCSc1nc2c(c(=O)[nH]1)C(c1ccc(OC)c(OC)c1OC)C(C(=O)OC)=C(C)N2. The van der Waals surface area contributed by atoms with Crippen molar-refractivity contribution in [3.05, 3.63) is 44.9 Å². The molecular weight excluding hydrogens is 422 g/mol. The Labute approximate surface area is 184 Å². The Hall–Kier alpha value is -3.14. The Morgan fingerprint density at radius 2 is 1.84 bits per heavy atom. The van der Waals surface area contributed by atoms with Crippen LogP contribution in [0.1, 0.15) is 30.9 Å². The van der Waals surface area contributed by atoms with Crippen molar-refractivity contribution in [2.75, 3.05) is 39.5 Å². The van der Waals surface area contributed by atoms with Gasteiger partial charge in [-0.3, -0.25) is 4.79 Å². The number of ether oxygens (including phenoxy) is 4. The molecule has 2 aromatic rings. The number of esters is 1. The van der Waals surface area contributed by atoms with E-state index in [-0.39, 0.29) is 16.7 Å². The highest BCUT2D eigenvalue weighted by molar-refractivity contribution is 7.99. The number of allylic oxidation sites excluding steroid dienone is 1. The molecule has 10 heteroatoms. The van der Waals surface area contributed by atoms with Gasteiger partial charge in [-0.25, -0.2) is 9.78 Å². The van der Waals surface area contributed by atoms with Crippen molar-refractivity contribution >= 4 is 23.5 Å². The minimum atomic E-state index is -0.796. The Bertz CT molecular complexity index is 1100. The Morgan fingerprint density at radius 3 is 2.42 bits per heavy atom. The molecule has 166 valence electrons. The molecule has 0 amide bonds. The maximum absolute atomic E-state index is 13.2. The fourth-order valence-electron chi connectivity index (χ4n) is 3.68. The molecule has 0 saturated heterocycles. The lowest BCUT2D eigenvalue weighted by atomic mass is 9.81. The Morgan fingerprint density at radius 1 is 1.13 bits per heavy atom. The maximum Gasteiger partial charge on any atom is 0.336 e. The lowest BCUT2D eigenvalue weighted by Gasteiger charge is -2.30. The number of methoxy groups -OCH3 is 4. The van der Waals surface area contributed by atoms with E-state index in [1.807, 2.05) is 6.92 Å². The summed E-state index contributed by atoms with van der Waals surface area (Å²) < 4.78 is 21.5. The molecule has 0 spiro atoms. The molecule has 3 rings (SSSR count). The number of nitrogens with one attached hydrogen (secondary N) is 2. The molecule has 0 fully saturated rings. The van der Waals surface area contributed by atoms with Crippen LogP contribution in [0.4, 0.5) is 5.82 Å².